The predicted octanol–water partition coefficient (Wildman–Crippen LogP) is 2.02. The van der Waals surface area contributed by atoms with Crippen LogP contribution in [0.3, 0.4) is 0 Å². The minimum atomic E-state index is -3.36. The molecule has 4 aromatic rings. The van der Waals surface area contributed by atoms with Gasteiger partial charge in [0.05, 0.1) is 12.4 Å². The molecular formula is C47H62F2K2N2O8S. The number of carbonyl (C=O) groups is 1. The number of nitrogens with one attached hydrogen (secondary N) is 1. The molecule has 62 heavy (non-hydrogen) atoms. The van der Waals surface area contributed by atoms with Crippen molar-refractivity contribution in [3.63, 3.8) is 0 Å². The standard InChI is InChI=1S/C22H26FNO.C12H16O3S.C11H14FNO.CH2O3.CH4.2K.H/c1-16(21-13-8-17-5-2-3-7-22(17)21)24-14-4-6-20(15-24)25-19-11-9-18(23)10-12-19;1-9(15-16(2,13)14)11-8-7-10-5-3-4-6-12(10)11;12-9-3-5-10(6-4-9)14-11-2-1-7-13-8-11;2-1-4-3;;;;/h2-3,5,7,9-12,16,20-21H,4,6,8,13-15H2,1H3;3-6,9,11H,7-8H2,1-2H3;3-6,11,13H,1-2,7-8H2;1,3H;1H4;;;/q;;;;;2*+1;-1/p-1/t16?,20-,21?;;11-;;;;;/m0.0...../s1. The maximum Gasteiger partial charge on any atom is 1.00 e. The topological polar surface area (TPSA) is 126 Å². The average Bonchev–Trinajstić information content (AvgIpc) is 3.88. The maximum absolute atomic E-state index is 13.1. The van der Waals surface area contributed by atoms with Gasteiger partial charge in [-0.15, -0.1) is 0 Å². The number of nitrogens with zero attached hydrogens (tertiary/aromatic N) is 1. The zero-order valence-corrected chi connectivity index (χ0v) is 43.2. The van der Waals surface area contributed by atoms with Crippen molar-refractivity contribution < 1.29 is 150 Å². The molecule has 0 saturated carbocycles. The SMILES string of the molecule is C.CC(C1CCc2ccccc21)N1CCC[C@H](Oc2ccc(F)cc2)C1.CC(OS(C)(=O)=O)C1CCc2ccccc21.Fc1ccc(O[C@H]2CCCNC2)cc1.O=CO[O-].[H-].[K+].[K+]. The molecule has 6 atom stereocenters. The van der Waals surface area contributed by atoms with E-state index < -0.39 is 10.1 Å². The molecule has 0 bridgehead atoms. The van der Waals surface area contributed by atoms with Crippen LogP contribution < -0.4 is 123 Å². The predicted molar refractivity (Wildman–Crippen MR) is 229 cm³/mol. The molecule has 2 aliphatic carbocycles. The van der Waals surface area contributed by atoms with Gasteiger partial charge in [-0.1, -0.05) is 56.0 Å². The first-order chi connectivity index (χ1) is 28.4. The second-order valence-corrected chi connectivity index (χ2v) is 17.1. The fourth-order valence-corrected chi connectivity index (χ4v) is 9.22. The van der Waals surface area contributed by atoms with Crippen molar-refractivity contribution in [1.82, 2.24) is 10.2 Å². The third-order valence-corrected chi connectivity index (χ3v) is 12.0. The van der Waals surface area contributed by atoms with E-state index >= 15 is 0 Å². The molecule has 4 aliphatic rings. The summed E-state index contributed by atoms with van der Waals surface area (Å²) in [6.45, 7) is 8.07. The molecule has 1 N–H and O–H groups in total. The summed E-state index contributed by atoms with van der Waals surface area (Å²) in [6.07, 6.45) is 10.1. The summed E-state index contributed by atoms with van der Waals surface area (Å²) < 4.78 is 64.7. The van der Waals surface area contributed by atoms with Crippen LogP contribution in [-0.2, 0) is 36.8 Å². The summed E-state index contributed by atoms with van der Waals surface area (Å²) in [5.74, 6) is 1.91. The monoisotopic (exact) mass is 930 g/mol. The molecule has 2 heterocycles. The van der Waals surface area contributed by atoms with Gasteiger partial charge >= 0.3 is 103 Å². The van der Waals surface area contributed by atoms with Gasteiger partial charge in [-0.2, -0.15) is 8.42 Å². The summed E-state index contributed by atoms with van der Waals surface area (Å²) in [7, 11) is -3.36. The molecule has 0 spiro atoms. The number of rotatable bonds is 10. The Balaban J connectivity index is 0.000000458. The zero-order chi connectivity index (χ0) is 42.2. The van der Waals surface area contributed by atoms with Gasteiger partial charge in [0.1, 0.15) is 35.3 Å². The maximum atomic E-state index is 13.1. The van der Waals surface area contributed by atoms with Gasteiger partial charge in [0.25, 0.3) is 16.6 Å². The number of piperidine rings is 2. The number of hydrogen-bond donors (Lipinski definition) is 1. The third kappa shape index (κ3) is 18.6. The molecule has 0 aromatic heterocycles. The number of benzene rings is 4. The Morgan fingerprint density at radius 3 is 1.74 bits per heavy atom. The van der Waals surface area contributed by atoms with Gasteiger partial charge in [0.15, 0.2) is 0 Å². The molecule has 8 rings (SSSR count). The third-order valence-electron chi connectivity index (χ3n) is 11.3. The molecule has 10 nitrogen and oxygen atoms in total. The normalized spacial score (nSPS) is 20.9. The smallest absolute Gasteiger partial charge is 1.00 e. The van der Waals surface area contributed by atoms with Crippen LogP contribution in [0.4, 0.5) is 8.78 Å². The summed E-state index contributed by atoms with van der Waals surface area (Å²) in [4.78, 5) is 13.8. The average molecular weight is 931 g/mol. The molecule has 2 aliphatic heterocycles. The van der Waals surface area contributed by atoms with E-state index in [1.165, 1.54) is 59.4 Å². The number of hydrogen-bond acceptors (Lipinski definition) is 10. The summed E-state index contributed by atoms with van der Waals surface area (Å²) in [5.41, 5.74) is 5.61. The molecule has 4 aromatic carbocycles. The first-order valence-electron chi connectivity index (χ1n) is 20.5. The van der Waals surface area contributed by atoms with Crippen LogP contribution in [0.1, 0.15) is 95.3 Å². The molecule has 330 valence electrons. The second kappa shape index (κ2) is 29.5. The molecular weight excluding hydrogens is 869 g/mol. The molecule has 4 unspecified atom stereocenters. The minimum Gasteiger partial charge on any atom is -1.00 e. The number of aryl methyl sites for hydroxylation is 2. The van der Waals surface area contributed by atoms with Gasteiger partial charge in [-0.3, -0.25) is 13.9 Å². The Morgan fingerprint density at radius 2 is 1.24 bits per heavy atom. The molecule has 0 radical (unpaired) electrons. The van der Waals surface area contributed by atoms with Gasteiger partial charge in [0.2, 0.25) is 0 Å². The van der Waals surface area contributed by atoms with E-state index in [-0.39, 0.29) is 154 Å². The molecule has 2 fully saturated rings. The molecule has 2 saturated heterocycles. The van der Waals surface area contributed by atoms with Crippen molar-refractivity contribution in [2.75, 3.05) is 32.4 Å². The molecule has 0 amide bonds. The Morgan fingerprint density at radius 1 is 0.758 bits per heavy atom. The second-order valence-electron chi connectivity index (χ2n) is 15.5. The van der Waals surface area contributed by atoms with Crippen LogP contribution in [-0.4, -0.2) is 76.6 Å². The number of halogens is 2. The first kappa shape index (κ1) is 57.0. The summed E-state index contributed by atoms with van der Waals surface area (Å²) in [6, 6.07) is 30.2. The number of fused-ring (bicyclic) bond motifs is 2. The van der Waals surface area contributed by atoms with E-state index in [1.54, 1.807) is 24.3 Å². The quantitative estimate of drug-likeness (QED) is 0.0831. The number of likely N-dealkylation sites (tertiary alicyclic amines) is 1. The Labute approximate surface area is 454 Å². The van der Waals surface area contributed by atoms with E-state index in [0.29, 0.717) is 12.0 Å². The van der Waals surface area contributed by atoms with Gasteiger partial charge in [0, 0.05) is 25.0 Å². The summed E-state index contributed by atoms with van der Waals surface area (Å²) in [5, 5.41) is 11.7. The van der Waals surface area contributed by atoms with Crippen molar-refractivity contribution in [2.24, 2.45) is 0 Å². The van der Waals surface area contributed by atoms with Gasteiger partial charge < -0.3 is 26.4 Å². The van der Waals surface area contributed by atoms with Crippen molar-refractivity contribution in [1.29, 1.82) is 0 Å². The van der Waals surface area contributed by atoms with E-state index in [2.05, 4.69) is 58.4 Å². The van der Waals surface area contributed by atoms with Crippen LogP contribution in [0, 0.1) is 11.6 Å². The fraction of sp³-hybridized carbons (Fsp3) is 0.468. The van der Waals surface area contributed by atoms with Crippen LogP contribution in [0.15, 0.2) is 97.1 Å². The zero-order valence-electron chi connectivity index (χ0n) is 37.1. The Hall–Kier alpha value is -1.13. The van der Waals surface area contributed by atoms with Gasteiger partial charge in [-0.05, 0) is 155 Å². The van der Waals surface area contributed by atoms with Gasteiger partial charge in [-0.25, -0.2) is 8.78 Å². The van der Waals surface area contributed by atoms with Crippen molar-refractivity contribution in [3.8, 4) is 11.5 Å². The Kier molecular flexibility index (Phi) is 27.1. The van der Waals surface area contributed by atoms with Crippen molar-refractivity contribution in [3.05, 3.63) is 131 Å². The molecule has 15 heteroatoms. The van der Waals surface area contributed by atoms with Crippen LogP contribution in [0.25, 0.3) is 0 Å². The van der Waals surface area contributed by atoms with E-state index in [9.17, 15) is 17.2 Å². The fourth-order valence-electron chi connectivity index (χ4n) is 8.53. The summed E-state index contributed by atoms with van der Waals surface area (Å²) >= 11 is 0. The van der Waals surface area contributed by atoms with Crippen molar-refractivity contribution in [2.45, 2.75) is 109 Å². The largest absolute Gasteiger partial charge is 1.00 e. The van der Waals surface area contributed by atoms with Crippen LogP contribution in [0.5, 0.6) is 11.5 Å². The first-order valence-corrected chi connectivity index (χ1v) is 22.3. The minimum absolute atomic E-state index is 0. The van der Waals surface area contributed by atoms with E-state index in [1.807, 2.05) is 19.1 Å². The van der Waals surface area contributed by atoms with Crippen LogP contribution >= 0.6 is 0 Å². The van der Waals surface area contributed by atoms with Crippen LogP contribution in [0.2, 0.25) is 0 Å². The van der Waals surface area contributed by atoms with E-state index in [4.69, 9.17) is 23.7 Å². The van der Waals surface area contributed by atoms with Crippen molar-refractivity contribution >= 4 is 16.6 Å². The van der Waals surface area contributed by atoms with E-state index in [0.717, 1.165) is 82.5 Å². The number of ether oxygens (including phenoxy) is 2. The Bertz CT molecular complexity index is 2000. The number of carbonyl (C=O) groups excluding carboxylic acids is 1.